The van der Waals surface area contributed by atoms with Gasteiger partial charge in [-0.15, -0.1) is 0 Å². The van der Waals surface area contributed by atoms with Crippen molar-refractivity contribution in [2.45, 2.75) is 4.90 Å². The minimum Gasteiger partial charge on any atom is -0.280 e. The molecule has 0 saturated carbocycles. The Morgan fingerprint density at radius 1 is 1.11 bits per heavy atom. The molecule has 0 fully saturated rings. The van der Waals surface area contributed by atoms with Gasteiger partial charge in [0, 0.05) is 10.2 Å². The van der Waals surface area contributed by atoms with Gasteiger partial charge in [-0.3, -0.25) is 4.72 Å². The van der Waals surface area contributed by atoms with Crippen LogP contribution in [-0.4, -0.2) is 8.42 Å². The Labute approximate surface area is 123 Å². The number of anilines is 1. The first-order valence-corrected chi connectivity index (χ1v) is 7.77. The fraction of sp³-hybridized carbons (Fsp3) is 0. The Bertz CT molecular complexity index is 704. The van der Waals surface area contributed by atoms with Gasteiger partial charge in [0.15, 0.2) is 0 Å². The van der Waals surface area contributed by atoms with Crippen LogP contribution in [0.25, 0.3) is 0 Å². The highest BCUT2D eigenvalue weighted by atomic mass is 79.9. The van der Waals surface area contributed by atoms with Crippen molar-refractivity contribution in [1.82, 2.24) is 0 Å². The lowest BCUT2D eigenvalue weighted by atomic mass is 10.3. The minimum absolute atomic E-state index is 0.162. The van der Waals surface area contributed by atoms with E-state index >= 15 is 0 Å². The van der Waals surface area contributed by atoms with Gasteiger partial charge in [0.05, 0.1) is 5.02 Å². The molecule has 19 heavy (non-hydrogen) atoms. The van der Waals surface area contributed by atoms with Crippen molar-refractivity contribution in [3.8, 4) is 0 Å². The number of nitrogens with one attached hydrogen (secondary N) is 1. The topological polar surface area (TPSA) is 46.2 Å². The van der Waals surface area contributed by atoms with Crippen LogP contribution in [0.2, 0.25) is 5.02 Å². The molecule has 0 spiro atoms. The molecule has 1 N–H and O–H groups in total. The summed E-state index contributed by atoms with van der Waals surface area (Å²) in [5, 5.41) is -0.162. The molecule has 0 heterocycles. The maximum absolute atomic E-state index is 12.9. The standard InChI is InChI=1S/C12H8BrClFNO2S/c13-8-1-4-10(5-2-8)16-19(17,18)12-6-3-9(15)7-11(12)14/h1-7,16H. The third-order valence-corrected chi connectivity index (χ3v) is 4.67. The quantitative estimate of drug-likeness (QED) is 0.893. The zero-order valence-corrected chi connectivity index (χ0v) is 12.6. The van der Waals surface area contributed by atoms with E-state index in [0.29, 0.717) is 5.69 Å². The molecule has 2 aromatic carbocycles. The van der Waals surface area contributed by atoms with E-state index in [-0.39, 0.29) is 9.92 Å². The van der Waals surface area contributed by atoms with Crippen molar-refractivity contribution in [2.24, 2.45) is 0 Å². The summed E-state index contributed by atoms with van der Waals surface area (Å²) >= 11 is 8.99. The summed E-state index contributed by atoms with van der Waals surface area (Å²) in [7, 11) is -3.84. The smallest absolute Gasteiger partial charge is 0.263 e. The highest BCUT2D eigenvalue weighted by Gasteiger charge is 2.18. The number of halogens is 3. The molecule has 0 amide bonds. The van der Waals surface area contributed by atoms with Crippen molar-refractivity contribution in [1.29, 1.82) is 0 Å². The molecule has 0 aromatic heterocycles. The third-order valence-electron chi connectivity index (χ3n) is 2.28. The Hall–Kier alpha value is -1.11. The van der Waals surface area contributed by atoms with Crippen LogP contribution in [0.5, 0.6) is 0 Å². The van der Waals surface area contributed by atoms with E-state index in [0.717, 1.165) is 22.7 Å². The maximum Gasteiger partial charge on any atom is 0.263 e. The second-order valence-electron chi connectivity index (χ2n) is 3.69. The van der Waals surface area contributed by atoms with E-state index in [4.69, 9.17) is 11.6 Å². The molecule has 0 saturated heterocycles. The summed E-state index contributed by atoms with van der Waals surface area (Å²) in [6, 6.07) is 9.71. The lowest BCUT2D eigenvalue weighted by Crippen LogP contribution is -2.13. The SMILES string of the molecule is O=S(=O)(Nc1ccc(Br)cc1)c1ccc(F)cc1Cl. The first kappa shape index (κ1) is 14.3. The number of hydrogen-bond acceptors (Lipinski definition) is 2. The van der Waals surface area contributed by atoms with Crippen LogP contribution >= 0.6 is 27.5 Å². The van der Waals surface area contributed by atoms with Crippen LogP contribution in [0, 0.1) is 5.82 Å². The van der Waals surface area contributed by atoms with Crippen molar-refractivity contribution in [2.75, 3.05) is 4.72 Å². The zero-order chi connectivity index (χ0) is 14.0. The largest absolute Gasteiger partial charge is 0.280 e. The molecule has 0 aliphatic carbocycles. The van der Waals surface area contributed by atoms with Gasteiger partial charge in [-0.2, -0.15) is 0 Å². The first-order valence-electron chi connectivity index (χ1n) is 5.12. The number of sulfonamides is 1. The van der Waals surface area contributed by atoms with Crippen LogP contribution in [0.1, 0.15) is 0 Å². The molecule has 3 nitrogen and oxygen atoms in total. The number of benzene rings is 2. The summed E-state index contributed by atoms with van der Waals surface area (Å²) in [4.78, 5) is -0.168. The Morgan fingerprint density at radius 2 is 1.74 bits per heavy atom. The van der Waals surface area contributed by atoms with Gasteiger partial charge in [-0.25, -0.2) is 12.8 Å². The van der Waals surface area contributed by atoms with Crippen LogP contribution < -0.4 is 4.72 Å². The normalized spacial score (nSPS) is 11.3. The highest BCUT2D eigenvalue weighted by Crippen LogP contribution is 2.25. The zero-order valence-electron chi connectivity index (χ0n) is 9.40. The Morgan fingerprint density at radius 3 is 2.32 bits per heavy atom. The molecule has 0 atom stereocenters. The molecule has 0 radical (unpaired) electrons. The lowest BCUT2D eigenvalue weighted by Gasteiger charge is -2.09. The van der Waals surface area contributed by atoms with Crippen molar-refractivity contribution in [3.63, 3.8) is 0 Å². The maximum atomic E-state index is 12.9. The minimum atomic E-state index is -3.84. The fourth-order valence-electron chi connectivity index (χ4n) is 1.42. The monoisotopic (exact) mass is 363 g/mol. The van der Waals surface area contributed by atoms with Crippen LogP contribution in [0.4, 0.5) is 10.1 Å². The molecule has 2 aromatic rings. The highest BCUT2D eigenvalue weighted by molar-refractivity contribution is 9.10. The van der Waals surface area contributed by atoms with Crippen LogP contribution in [-0.2, 0) is 10.0 Å². The third kappa shape index (κ3) is 3.46. The Balaban J connectivity index is 2.35. The average Bonchev–Trinajstić information content (AvgIpc) is 2.31. The van der Waals surface area contributed by atoms with Crippen molar-refractivity contribution >= 4 is 43.2 Å². The van der Waals surface area contributed by atoms with E-state index in [1.165, 1.54) is 0 Å². The summed E-state index contributed by atoms with van der Waals surface area (Å²) < 4.78 is 40.3. The second-order valence-corrected chi connectivity index (χ2v) is 6.66. The van der Waals surface area contributed by atoms with E-state index in [1.807, 2.05) is 0 Å². The summed E-state index contributed by atoms with van der Waals surface area (Å²) in [5.74, 6) is -0.590. The van der Waals surface area contributed by atoms with Gasteiger partial charge in [0.1, 0.15) is 10.7 Å². The molecular weight excluding hydrogens is 357 g/mol. The van der Waals surface area contributed by atoms with Gasteiger partial charge in [0.25, 0.3) is 10.0 Å². The molecular formula is C12H8BrClFNO2S. The number of rotatable bonds is 3. The molecule has 0 aliphatic heterocycles. The van der Waals surface area contributed by atoms with E-state index < -0.39 is 15.8 Å². The first-order chi connectivity index (χ1) is 8.88. The van der Waals surface area contributed by atoms with Gasteiger partial charge in [-0.1, -0.05) is 27.5 Å². The van der Waals surface area contributed by atoms with E-state index in [9.17, 15) is 12.8 Å². The molecule has 0 unspecified atom stereocenters. The summed E-state index contributed by atoms with van der Waals surface area (Å²) in [6.45, 7) is 0. The predicted octanol–water partition coefficient (Wildman–Crippen LogP) is 4.04. The van der Waals surface area contributed by atoms with Gasteiger partial charge in [-0.05, 0) is 42.5 Å². The molecule has 0 aliphatic rings. The lowest BCUT2D eigenvalue weighted by molar-refractivity contribution is 0.600. The fourth-order valence-corrected chi connectivity index (χ4v) is 3.28. The predicted molar refractivity (Wildman–Crippen MR) is 76.4 cm³/mol. The van der Waals surface area contributed by atoms with E-state index in [2.05, 4.69) is 20.7 Å². The summed E-state index contributed by atoms with van der Waals surface area (Å²) in [6.07, 6.45) is 0. The van der Waals surface area contributed by atoms with E-state index in [1.54, 1.807) is 24.3 Å². The molecule has 100 valence electrons. The van der Waals surface area contributed by atoms with Crippen molar-refractivity contribution in [3.05, 3.63) is 57.8 Å². The van der Waals surface area contributed by atoms with Gasteiger partial charge >= 0.3 is 0 Å². The van der Waals surface area contributed by atoms with Crippen molar-refractivity contribution < 1.29 is 12.8 Å². The molecule has 2 rings (SSSR count). The Kier molecular flexibility index (Phi) is 4.13. The van der Waals surface area contributed by atoms with Gasteiger partial charge in [0.2, 0.25) is 0 Å². The van der Waals surface area contributed by atoms with Gasteiger partial charge < -0.3 is 0 Å². The number of hydrogen-bond donors (Lipinski definition) is 1. The second kappa shape index (κ2) is 5.48. The van der Waals surface area contributed by atoms with Crippen LogP contribution in [0.3, 0.4) is 0 Å². The molecule has 7 heteroatoms. The summed E-state index contributed by atoms with van der Waals surface area (Å²) in [5.41, 5.74) is 0.392. The molecule has 0 bridgehead atoms. The average molecular weight is 365 g/mol. The van der Waals surface area contributed by atoms with Crippen LogP contribution in [0.15, 0.2) is 51.8 Å².